The highest BCUT2D eigenvalue weighted by atomic mass is 16.5. The Balaban J connectivity index is 1.77. The van der Waals surface area contributed by atoms with E-state index in [0.717, 1.165) is 12.8 Å². The van der Waals surface area contributed by atoms with E-state index in [-0.39, 0.29) is 11.8 Å². The molecule has 0 saturated heterocycles. The van der Waals surface area contributed by atoms with E-state index < -0.39 is 0 Å². The van der Waals surface area contributed by atoms with Gasteiger partial charge in [-0.15, -0.1) is 0 Å². The van der Waals surface area contributed by atoms with E-state index >= 15 is 0 Å². The lowest BCUT2D eigenvalue weighted by Gasteiger charge is -2.13. The Morgan fingerprint density at radius 2 is 1.09 bits per heavy atom. The van der Waals surface area contributed by atoms with E-state index in [1.807, 2.05) is 36.4 Å². The van der Waals surface area contributed by atoms with Crippen LogP contribution in [-0.2, 0) is 0 Å². The van der Waals surface area contributed by atoms with Crippen LogP contribution in [0.15, 0.2) is 48.5 Å². The Hall–Kier alpha value is -3.02. The van der Waals surface area contributed by atoms with E-state index in [2.05, 4.69) is 38.3 Å². The van der Waals surface area contributed by atoms with Crippen LogP contribution in [0.2, 0.25) is 0 Å². The predicted octanol–water partition coefficient (Wildman–Crippen LogP) is 5.09. The van der Waals surface area contributed by atoms with Crippen LogP contribution in [0.4, 0.5) is 0 Å². The minimum absolute atomic E-state index is 0.176. The summed E-state index contributed by atoms with van der Waals surface area (Å²) in [5.74, 6) is 1.92. The predicted molar refractivity (Wildman–Crippen MR) is 132 cm³/mol. The minimum atomic E-state index is -0.176. The number of carbonyl (C=O) groups excluding carboxylic acids is 2. The maximum Gasteiger partial charge on any atom is 0.255 e. The van der Waals surface area contributed by atoms with E-state index in [1.54, 1.807) is 12.1 Å². The number of para-hydroxylation sites is 2. The molecule has 6 heteroatoms. The number of hydrogen-bond donors (Lipinski definition) is 2. The lowest BCUT2D eigenvalue weighted by molar-refractivity contribution is 0.0948. The van der Waals surface area contributed by atoms with Crippen LogP contribution in [0.25, 0.3) is 0 Å². The Bertz CT molecular complexity index is 808. The summed E-state index contributed by atoms with van der Waals surface area (Å²) in [6, 6.07) is 14.5. The van der Waals surface area contributed by atoms with E-state index in [9.17, 15) is 9.59 Å². The molecule has 0 atom stereocenters. The van der Waals surface area contributed by atoms with Crippen LogP contribution in [0.1, 0.15) is 67.7 Å². The fourth-order valence-corrected chi connectivity index (χ4v) is 3.05. The first-order valence-corrected chi connectivity index (χ1v) is 11.9. The summed E-state index contributed by atoms with van der Waals surface area (Å²) in [6.07, 6.45) is 2.48. The van der Waals surface area contributed by atoms with Gasteiger partial charge in [0.25, 0.3) is 11.8 Å². The molecular weight excluding hydrogens is 416 g/mol. The Morgan fingerprint density at radius 3 is 1.48 bits per heavy atom. The average Bonchev–Trinajstić information content (AvgIpc) is 2.78. The maximum absolute atomic E-state index is 12.6. The van der Waals surface area contributed by atoms with Crippen molar-refractivity contribution in [3.05, 3.63) is 59.7 Å². The first-order chi connectivity index (χ1) is 15.9. The molecule has 2 rings (SSSR count). The molecule has 0 saturated carbocycles. The van der Waals surface area contributed by atoms with Gasteiger partial charge in [-0.3, -0.25) is 9.59 Å². The number of benzene rings is 2. The Labute approximate surface area is 198 Å². The van der Waals surface area contributed by atoms with Crippen LogP contribution in [0, 0.1) is 11.8 Å². The quantitative estimate of drug-likeness (QED) is 0.390. The molecule has 0 heterocycles. The van der Waals surface area contributed by atoms with Gasteiger partial charge in [-0.2, -0.15) is 0 Å². The van der Waals surface area contributed by atoms with E-state index in [4.69, 9.17) is 9.47 Å². The number of nitrogens with one attached hydrogen (secondary N) is 2. The van der Waals surface area contributed by atoms with Crippen molar-refractivity contribution >= 4 is 11.8 Å². The molecule has 2 aromatic carbocycles. The van der Waals surface area contributed by atoms with Crippen molar-refractivity contribution in [1.29, 1.82) is 0 Å². The zero-order chi connectivity index (χ0) is 24.1. The van der Waals surface area contributed by atoms with E-state index in [1.165, 1.54) is 0 Å². The number of amides is 2. The summed E-state index contributed by atoms with van der Waals surface area (Å²) < 4.78 is 11.6. The summed E-state index contributed by atoms with van der Waals surface area (Å²) in [7, 11) is 0. The third-order valence-electron chi connectivity index (χ3n) is 5.09. The van der Waals surface area contributed by atoms with Crippen molar-refractivity contribution in [3.8, 4) is 11.5 Å². The molecule has 0 spiro atoms. The number of ether oxygens (including phenoxy) is 2. The second-order valence-corrected chi connectivity index (χ2v) is 8.92. The van der Waals surface area contributed by atoms with Gasteiger partial charge in [-0.25, -0.2) is 0 Å². The molecule has 33 heavy (non-hydrogen) atoms. The van der Waals surface area contributed by atoms with Gasteiger partial charge in [0.2, 0.25) is 0 Å². The molecule has 2 amide bonds. The van der Waals surface area contributed by atoms with E-state index in [0.29, 0.717) is 67.2 Å². The van der Waals surface area contributed by atoms with Crippen molar-refractivity contribution in [2.45, 2.75) is 47.0 Å². The average molecular weight is 455 g/mol. The second-order valence-electron chi connectivity index (χ2n) is 8.92. The summed E-state index contributed by atoms with van der Waals surface area (Å²) in [6.45, 7) is 10.6. The van der Waals surface area contributed by atoms with Gasteiger partial charge in [-0.1, -0.05) is 52.0 Å². The minimum Gasteiger partial charge on any atom is -0.493 e. The molecule has 0 unspecified atom stereocenters. The molecule has 0 fully saturated rings. The topological polar surface area (TPSA) is 76.7 Å². The smallest absolute Gasteiger partial charge is 0.255 e. The largest absolute Gasteiger partial charge is 0.493 e. The molecule has 0 aliphatic carbocycles. The molecule has 180 valence electrons. The van der Waals surface area contributed by atoms with Crippen LogP contribution >= 0.6 is 0 Å². The second kappa shape index (κ2) is 14.2. The van der Waals surface area contributed by atoms with Crippen molar-refractivity contribution in [2.75, 3.05) is 26.3 Å². The van der Waals surface area contributed by atoms with Gasteiger partial charge in [0.1, 0.15) is 11.5 Å². The monoisotopic (exact) mass is 454 g/mol. The molecule has 2 aromatic rings. The lowest BCUT2D eigenvalue weighted by atomic mass is 10.1. The normalized spacial score (nSPS) is 10.8. The zero-order valence-corrected chi connectivity index (χ0v) is 20.4. The number of rotatable bonds is 14. The van der Waals surface area contributed by atoms with Crippen molar-refractivity contribution in [2.24, 2.45) is 11.8 Å². The molecule has 0 aliphatic heterocycles. The summed E-state index contributed by atoms with van der Waals surface area (Å²) in [5.41, 5.74) is 1.05. The van der Waals surface area contributed by atoms with Crippen LogP contribution in [0.3, 0.4) is 0 Å². The van der Waals surface area contributed by atoms with Gasteiger partial charge in [0.05, 0.1) is 24.3 Å². The summed E-state index contributed by atoms with van der Waals surface area (Å²) >= 11 is 0. The van der Waals surface area contributed by atoms with Gasteiger partial charge in [0, 0.05) is 13.1 Å². The van der Waals surface area contributed by atoms with Crippen LogP contribution in [-0.4, -0.2) is 38.1 Å². The van der Waals surface area contributed by atoms with Crippen molar-refractivity contribution in [1.82, 2.24) is 10.6 Å². The highest BCUT2D eigenvalue weighted by molar-refractivity contribution is 5.97. The fraction of sp³-hybridized carbons (Fsp3) is 0.481. The molecule has 6 nitrogen and oxygen atoms in total. The molecule has 0 aromatic heterocycles. The lowest BCUT2D eigenvalue weighted by Crippen LogP contribution is -2.30. The number of hydrogen-bond acceptors (Lipinski definition) is 4. The summed E-state index contributed by atoms with van der Waals surface area (Å²) in [4.78, 5) is 25.2. The molecule has 0 aliphatic rings. The molecular formula is C27H38N2O4. The third kappa shape index (κ3) is 9.56. The van der Waals surface area contributed by atoms with Crippen molar-refractivity contribution < 1.29 is 19.1 Å². The SMILES string of the molecule is CC(C)CCOc1ccccc1C(=O)NCCCNC(=O)c1ccccc1OCCC(C)C. The molecule has 0 radical (unpaired) electrons. The summed E-state index contributed by atoms with van der Waals surface area (Å²) in [5, 5.41) is 5.81. The fourth-order valence-electron chi connectivity index (χ4n) is 3.05. The first-order valence-electron chi connectivity index (χ1n) is 11.9. The van der Waals surface area contributed by atoms with Gasteiger partial charge < -0.3 is 20.1 Å². The Morgan fingerprint density at radius 1 is 0.697 bits per heavy atom. The molecule has 0 bridgehead atoms. The highest BCUT2D eigenvalue weighted by Gasteiger charge is 2.13. The standard InChI is InChI=1S/C27H38N2O4/c1-20(2)14-18-32-24-12-7-5-10-22(24)26(30)28-16-9-17-29-27(31)23-11-6-8-13-25(23)33-19-15-21(3)4/h5-8,10-13,20-21H,9,14-19H2,1-4H3,(H,28,30)(H,29,31). The molecule has 2 N–H and O–H groups in total. The maximum atomic E-state index is 12.6. The third-order valence-corrected chi connectivity index (χ3v) is 5.09. The zero-order valence-electron chi connectivity index (χ0n) is 20.4. The number of carbonyl (C=O) groups is 2. The van der Waals surface area contributed by atoms with Gasteiger partial charge in [-0.05, 0) is 55.4 Å². The Kier molecular flexibility index (Phi) is 11.3. The first kappa shape index (κ1) is 26.2. The van der Waals surface area contributed by atoms with Gasteiger partial charge >= 0.3 is 0 Å². The van der Waals surface area contributed by atoms with Crippen LogP contribution in [0.5, 0.6) is 11.5 Å². The van der Waals surface area contributed by atoms with Crippen LogP contribution < -0.4 is 20.1 Å². The van der Waals surface area contributed by atoms with Crippen molar-refractivity contribution in [3.63, 3.8) is 0 Å². The highest BCUT2D eigenvalue weighted by Crippen LogP contribution is 2.19. The van der Waals surface area contributed by atoms with Gasteiger partial charge in [0.15, 0.2) is 0 Å².